The number of nitrogens with one attached hydrogen (secondary N) is 1. The largest absolute Gasteiger partial charge is 0.478 e. The maximum Gasteiger partial charge on any atom is 0.335 e. The van der Waals surface area contributed by atoms with E-state index >= 15 is 0 Å². The van der Waals surface area contributed by atoms with Crippen LogP contribution in [0.1, 0.15) is 31.8 Å². The van der Waals surface area contributed by atoms with Crippen LogP contribution in [0.15, 0.2) is 82.8 Å². The van der Waals surface area contributed by atoms with Crippen molar-refractivity contribution < 1.29 is 14.7 Å². The lowest BCUT2D eigenvalue weighted by molar-refractivity contribution is 0.0696. The molecular weight excluding hydrogens is 358 g/mol. The number of carbonyl (C=O) groups excluding carboxylic acids is 1. The summed E-state index contributed by atoms with van der Waals surface area (Å²) in [6, 6.07) is 18.5. The molecule has 0 bridgehead atoms. The van der Waals surface area contributed by atoms with Crippen molar-refractivity contribution in [2.75, 3.05) is 0 Å². The molecule has 28 heavy (non-hydrogen) atoms. The number of carboxylic acid groups (broad SMARTS) is 1. The number of aromatic carboxylic acids is 1. The minimum Gasteiger partial charge on any atom is -0.478 e. The molecule has 0 saturated carbocycles. The lowest BCUT2D eigenvalue weighted by Gasteiger charge is -2.07. The van der Waals surface area contributed by atoms with Gasteiger partial charge < -0.3 is 9.67 Å². The van der Waals surface area contributed by atoms with Gasteiger partial charge in [0.05, 0.1) is 18.3 Å². The molecule has 3 rings (SSSR count). The van der Waals surface area contributed by atoms with Crippen LogP contribution in [0, 0.1) is 0 Å². The van der Waals surface area contributed by atoms with Crippen molar-refractivity contribution in [1.29, 1.82) is 0 Å². The van der Waals surface area contributed by atoms with E-state index in [0.717, 1.165) is 5.56 Å². The molecule has 7 nitrogen and oxygen atoms in total. The molecule has 0 aliphatic rings. The Bertz CT molecular complexity index is 1070. The Labute approximate surface area is 160 Å². The fourth-order valence-corrected chi connectivity index (χ4v) is 2.55. The van der Waals surface area contributed by atoms with Gasteiger partial charge >= 0.3 is 5.97 Å². The summed E-state index contributed by atoms with van der Waals surface area (Å²) in [7, 11) is 0. The molecule has 2 aromatic carbocycles. The van der Waals surface area contributed by atoms with Gasteiger partial charge in [-0.15, -0.1) is 0 Å². The molecule has 2 N–H and O–H groups in total. The van der Waals surface area contributed by atoms with E-state index in [2.05, 4.69) is 10.5 Å². The molecule has 0 aliphatic carbocycles. The summed E-state index contributed by atoms with van der Waals surface area (Å²) in [5.41, 5.74) is 3.61. The summed E-state index contributed by atoms with van der Waals surface area (Å²) in [5, 5.41) is 12.7. The standard InChI is InChI=1S/C21H17N3O4/c25-19(23-22-13-15-8-10-17(11-9-15)21(27)28)18-7-4-12-24(20(18)26)14-16-5-2-1-3-6-16/h1-13H,14H2,(H,23,25)(H,27,28)/b22-13-. The van der Waals surface area contributed by atoms with Crippen molar-refractivity contribution in [3.63, 3.8) is 0 Å². The summed E-state index contributed by atoms with van der Waals surface area (Å²) in [6.07, 6.45) is 2.99. The highest BCUT2D eigenvalue weighted by Crippen LogP contribution is 2.03. The first-order valence-electron chi connectivity index (χ1n) is 8.45. The van der Waals surface area contributed by atoms with E-state index in [1.54, 1.807) is 24.4 Å². The fourth-order valence-electron chi connectivity index (χ4n) is 2.55. The highest BCUT2D eigenvalue weighted by Gasteiger charge is 2.11. The number of amides is 1. The predicted molar refractivity (Wildman–Crippen MR) is 105 cm³/mol. The molecule has 0 radical (unpaired) electrons. The van der Waals surface area contributed by atoms with E-state index < -0.39 is 17.4 Å². The highest BCUT2D eigenvalue weighted by atomic mass is 16.4. The van der Waals surface area contributed by atoms with Crippen LogP contribution in [0.5, 0.6) is 0 Å². The number of carboxylic acids is 1. The normalized spacial score (nSPS) is 10.7. The van der Waals surface area contributed by atoms with Gasteiger partial charge in [-0.1, -0.05) is 42.5 Å². The predicted octanol–water partition coefficient (Wildman–Crippen LogP) is 2.36. The van der Waals surface area contributed by atoms with Crippen LogP contribution in [-0.2, 0) is 6.54 Å². The van der Waals surface area contributed by atoms with Crippen LogP contribution in [-0.4, -0.2) is 27.8 Å². The van der Waals surface area contributed by atoms with Gasteiger partial charge in [0, 0.05) is 6.20 Å². The van der Waals surface area contributed by atoms with E-state index in [0.29, 0.717) is 12.1 Å². The molecule has 1 amide bonds. The van der Waals surface area contributed by atoms with Crippen LogP contribution < -0.4 is 11.0 Å². The van der Waals surface area contributed by atoms with Crippen LogP contribution in [0.4, 0.5) is 0 Å². The Morgan fingerprint density at radius 3 is 2.39 bits per heavy atom. The molecule has 0 unspecified atom stereocenters. The first-order valence-corrected chi connectivity index (χ1v) is 8.45. The maximum atomic E-state index is 12.5. The average molecular weight is 375 g/mol. The van der Waals surface area contributed by atoms with Gasteiger partial charge in [0.2, 0.25) is 0 Å². The van der Waals surface area contributed by atoms with Gasteiger partial charge in [0.15, 0.2) is 0 Å². The Morgan fingerprint density at radius 1 is 1.00 bits per heavy atom. The Kier molecular flexibility index (Phi) is 5.76. The molecule has 1 aromatic heterocycles. The van der Waals surface area contributed by atoms with E-state index in [1.807, 2.05) is 30.3 Å². The molecule has 1 heterocycles. The highest BCUT2D eigenvalue weighted by molar-refractivity contribution is 5.94. The van der Waals surface area contributed by atoms with Gasteiger partial charge in [0.25, 0.3) is 11.5 Å². The monoisotopic (exact) mass is 375 g/mol. The Morgan fingerprint density at radius 2 is 1.71 bits per heavy atom. The minimum atomic E-state index is -1.02. The molecule has 0 saturated heterocycles. The zero-order valence-corrected chi connectivity index (χ0v) is 14.8. The fraction of sp³-hybridized carbons (Fsp3) is 0.0476. The lowest BCUT2D eigenvalue weighted by atomic mass is 10.1. The second kappa shape index (κ2) is 8.59. The van der Waals surface area contributed by atoms with E-state index in [4.69, 9.17) is 5.11 Å². The third kappa shape index (κ3) is 4.59. The van der Waals surface area contributed by atoms with Crippen molar-refractivity contribution in [2.24, 2.45) is 5.10 Å². The minimum absolute atomic E-state index is 0.0168. The number of hydrogen-bond donors (Lipinski definition) is 2. The number of nitrogens with zero attached hydrogens (tertiary/aromatic N) is 2. The number of carbonyl (C=O) groups is 2. The summed E-state index contributed by atoms with van der Waals surface area (Å²) in [4.78, 5) is 35.7. The van der Waals surface area contributed by atoms with Gasteiger partial charge in [-0.2, -0.15) is 5.10 Å². The molecule has 0 atom stereocenters. The number of hydrogen-bond acceptors (Lipinski definition) is 4. The van der Waals surface area contributed by atoms with Crippen LogP contribution >= 0.6 is 0 Å². The summed E-state index contributed by atoms with van der Waals surface area (Å²) in [5.74, 6) is -1.64. The van der Waals surface area contributed by atoms with Crippen molar-refractivity contribution in [2.45, 2.75) is 6.54 Å². The first kappa shape index (κ1) is 18.8. The third-order valence-corrected chi connectivity index (χ3v) is 4.00. The number of aromatic nitrogens is 1. The van der Waals surface area contributed by atoms with Crippen LogP contribution in [0.25, 0.3) is 0 Å². The third-order valence-electron chi connectivity index (χ3n) is 4.00. The maximum absolute atomic E-state index is 12.5. The molecule has 0 aliphatic heterocycles. The molecular formula is C21H17N3O4. The number of benzene rings is 2. The van der Waals surface area contributed by atoms with E-state index in [1.165, 1.54) is 29.0 Å². The van der Waals surface area contributed by atoms with Gasteiger partial charge in [-0.3, -0.25) is 9.59 Å². The average Bonchev–Trinajstić information content (AvgIpc) is 2.70. The zero-order valence-electron chi connectivity index (χ0n) is 14.8. The van der Waals surface area contributed by atoms with Crippen molar-refractivity contribution in [3.05, 3.63) is 106 Å². The summed E-state index contributed by atoms with van der Waals surface area (Å²) < 4.78 is 1.46. The quantitative estimate of drug-likeness (QED) is 0.510. The van der Waals surface area contributed by atoms with Crippen molar-refractivity contribution in [3.8, 4) is 0 Å². The van der Waals surface area contributed by atoms with Crippen LogP contribution in [0.2, 0.25) is 0 Å². The van der Waals surface area contributed by atoms with Crippen molar-refractivity contribution >= 4 is 18.1 Å². The number of pyridine rings is 1. The Hall–Kier alpha value is -4.00. The van der Waals surface area contributed by atoms with Crippen LogP contribution in [0.3, 0.4) is 0 Å². The summed E-state index contributed by atoms with van der Waals surface area (Å²) in [6.45, 7) is 0.361. The molecule has 140 valence electrons. The van der Waals surface area contributed by atoms with Gasteiger partial charge in [0.1, 0.15) is 5.56 Å². The van der Waals surface area contributed by atoms with E-state index in [-0.39, 0.29) is 11.1 Å². The lowest BCUT2D eigenvalue weighted by Crippen LogP contribution is -2.30. The SMILES string of the molecule is O=C(O)c1ccc(/C=N\NC(=O)c2cccn(Cc3ccccc3)c2=O)cc1. The molecule has 0 fully saturated rings. The Balaban J connectivity index is 1.69. The second-order valence-electron chi connectivity index (χ2n) is 5.97. The number of hydrazone groups is 1. The van der Waals surface area contributed by atoms with Gasteiger partial charge in [-0.25, -0.2) is 10.2 Å². The molecule has 7 heteroatoms. The first-order chi connectivity index (χ1) is 13.5. The zero-order chi connectivity index (χ0) is 19.9. The molecule has 3 aromatic rings. The second-order valence-corrected chi connectivity index (χ2v) is 5.97. The smallest absolute Gasteiger partial charge is 0.335 e. The molecule has 0 spiro atoms. The number of rotatable bonds is 6. The summed E-state index contributed by atoms with van der Waals surface area (Å²) >= 11 is 0. The van der Waals surface area contributed by atoms with Crippen molar-refractivity contribution in [1.82, 2.24) is 9.99 Å². The topological polar surface area (TPSA) is 101 Å². The van der Waals surface area contributed by atoms with E-state index in [9.17, 15) is 14.4 Å². The van der Waals surface area contributed by atoms with Gasteiger partial charge in [-0.05, 0) is 35.4 Å².